The van der Waals surface area contributed by atoms with Gasteiger partial charge >= 0.3 is 0 Å². The molecule has 0 bridgehead atoms. The number of phenols is 1. The maximum Gasteiger partial charge on any atom is 0.242 e. The van der Waals surface area contributed by atoms with E-state index in [1.807, 2.05) is 68.5 Å². The number of aromatic hydroxyl groups is 1. The van der Waals surface area contributed by atoms with Gasteiger partial charge in [0.15, 0.2) is 0 Å². The molecule has 0 spiro atoms. The number of imide groups is 2. The summed E-state index contributed by atoms with van der Waals surface area (Å²) in [6.07, 6.45) is 2.68. The van der Waals surface area contributed by atoms with Crippen LogP contribution in [0.5, 0.6) is 5.75 Å². The van der Waals surface area contributed by atoms with Gasteiger partial charge in [0.05, 0.1) is 34.6 Å². The molecule has 0 unspecified atom stereocenters. The first-order chi connectivity index (χ1) is 25.0. The zero-order valence-corrected chi connectivity index (χ0v) is 30.3. The van der Waals surface area contributed by atoms with Crippen LogP contribution in [0.2, 0.25) is 5.02 Å². The molecule has 6 atom stereocenters. The molecule has 9 rings (SSSR count). The van der Waals surface area contributed by atoms with Crippen molar-refractivity contribution in [3.8, 4) is 16.3 Å². The van der Waals surface area contributed by atoms with Crippen molar-refractivity contribution in [2.75, 3.05) is 4.90 Å². The zero-order chi connectivity index (χ0) is 36.2. The van der Waals surface area contributed by atoms with Crippen molar-refractivity contribution in [2.24, 2.45) is 36.1 Å². The molecule has 11 heteroatoms. The molecule has 0 radical (unpaired) electrons. The van der Waals surface area contributed by atoms with Gasteiger partial charge in [-0.3, -0.25) is 28.8 Å². The second-order valence-corrected chi connectivity index (χ2v) is 16.2. The Hall–Kier alpha value is -5.06. The van der Waals surface area contributed by atoms with E-state index >= 15 is 0 Å². The van der Waals surface area contributed by atoms with E-state index in [1.54, 1.807) is 53.4 Å². The first-order valence-electron chi connectivity index (χ1n) is 17.5. The van der Waals surface area contributed by atoms with Crippen LogP contribution >= 0.6 is 22.9 Å². The van der Waals surface area contributed by atoms with Gasteiger partial charge < -0.3 is 5.11 Å². The number of hydrogen-bond donors (Lipinski definition) is 1. The Kier molecular flexibility index (Phi) is 7.40. The lowest BCUT2D eigenvalue weighted by atomic mass is 9.51. The van der Waals surface area contributed by atoms with E-state index in [9.17, 15) is 24.3 Å². The molecule has 2 aliphatic carbocycles. The van der Waals surface area contributed by atoms with Crippen molar-refractivity contribution >= 4 is 62.5 Å². The van der Waals surface area contributed by atoms with Crippen molar-refractivity contribution in [3.05, 3.63) is 112 Å². The van der Waals surface area contributed by atoms with Gasteiger partial charge in [-0.05, 0) is 85.0 Å². The third-order valence-corrected chi connectivity index (χ3v) is 13.5. The Bertz CT molecular complexity index is 2380. The molecule has 9 nitrogen and oxygen atoms in total. The molecule has 4 heterocycles. The molecule has 1 saturated carbocycles. The van der Waals surface area contributed by atoms with E-state index in [2.05, 4.69) is 0 Å². The number of fused-ring (bicyclic) bond motifs is 5. The van der Waals surface area contributed by atoms with Gasteiger partial charge in [0.1, 0.15) is 17.3 Å². The number of nitrogens with zero attached hydrogens (tertiary/aromatic N) is 4. The minimum atomic E-state index is -1.20. The number of halogens is 1. The Morgan fingerprint density at radius 1 is 0.942 bits per heavy atom. The van der Waals surface area contributed by atoms with Gasteiger partial charge in [0.25, 0.3) is 0 Å². The number of carbonyl (C=O) groups excluding carboxylic acids is 4. The van der Waals surface area contributed by atoms with Crippen molar-refractivity contribution in [3.63, 3.8) is 0 Å². The van der Waals surface area contributed by atoms with Gasteiger partial charge in [-0.15, -0.1) is 11.3 Å². The molecule has 3 fully saturated rings. The fourth-order valence-electron chi connectivity index (χ4n) is 9.48. The summed E-state index contributed by atoms with van der Waals surface area (Å²) in [6.45, 7) is 4.07. The number of rotatable bonds is 5. The highest BCUT2D eigenvalue weighted by molar-refractivity contribution is 7.22. The third-order valence-electron chi connectivity index (χ3n) is 12.0. The maximum atomic E-state index is 15.0. The second-order valence-electron chi connectivity index (χ2n) is 14.7. The highest BCUT2D eigenvalue weighted by Crippen LogP contribution is 2.63. The van der Waals surface area contributed by atoms with E-state index in [4.69, 9.17) is 16.7 Å². The molecule has 2 aliphatic heterocycles. The van der Waals surface area contributed by atoms with Crippen LogP contribution in [0, 0.1) is 36.0 Å². The number of aryl methyl sites for hydroxylation is 2. The summed E-state index contributed by atoms with van der Waals surface area (Å²) >= 11 is 7.89. The van der Waals surface area contributed by atoms with Gasteiger partial charge in [0, 0.05) is 28.8 Å². The average molecular weight is 731 g/mol. The molecule has 4 amide bonds. The van der Waals surface area contributed by atoms with Crippen LogP contribution in [0.1, 0.15) is 42.4 Å². The molecule has 5 aromatic rings. The fourth-order valence-corrected chi connectivity index (χ4v) is 10.8. The molecule has 2 aromatic heterocycles. The normalized spacial score (nSPS) is 26.9. The van der Waals surface area contributed by atoms with Crippen LogP contribution in [-0.2, 0) is 32.8 Å². The summed E-state index contributed by atoms with van der Waals surface area (Å²) < 4.78 is 2.64. The molecule has 2 saturated heterocycles. The SMILES string of the molecule is Cc1c(-c2cc(N3C(=O)[C@@H]4C[C@@H]5C(=CC[C@@H]6C(=O)N(Cc7ccccc7)C(=O)[C@@H]65)[C@H](c5ccc(O)cc5)[C@]4(C)C3=O)n(C)n2)sc2ccc(Cl)cc12. The van der Waals surface area contributed by atoms with E-state index in [-0.39, 0.29) is 42.3 Å². The minimum Gasteiger partial charge on any atom is -0.508 e. The molecule has 262 valence electrons. The maximum absolute atomic E-state index is 15.0. The highest BCUT2D eigenvalue weighted by atomic mass is 35.5. The number of amides is 4. The van der Waals surface area contributed by atoms with Crippen molar-refractivity contribution in [1.82, 2.24) is 14.7 Å². The lowest BCUT2D eigenvalue weighted by molar-refractivity contribution is -0.141. The molecule has 4 aliphatic rings. The summed E-state index contributed by atoms with van der Waals surface area (Å²) in [6, 6.07) is 23.8. The second kappa shape index (κ2) is 11.7. The predicted octanol–water partition coefficient (Wildman–Crippen LogP) is 7.40. The Morgan fingerprint density at radius 2 is 1.69 bits per heavy atom. The van der Waals surface area contributed by atoms with Gasteiger partial charge in [-0.25, -0.2) is 4.90 Å². The first kappa shape index (κ1) is 32.8. The predicted molar refractivity (Wildman–Crippen MR) is 198 cm³/mol. The van der Waals surface area contributed by atoms with Crippen LogP contribution in [0.25, 0.3) is 20.7 Å². The van der Waals surface area contributed by atoms with Gasteiger partial charge in [-0.1, -0.05) is 65.7 Å². The van der Waals surface area contributed by atoms with Crippen LogP contribution < -0.4 is 4.90 Å². The summed E-state index contributed by atoms with van der Waals surface area (Å²) in [5.74, 6) is -3.56. The molecule has 1 N–H and O–H groups in total. The fraction of sp³-hybridized carbons (Fsp3) is 0.293. The van der Waals surface area contributed by atoms with Gasteiger partial charge in [0.2, 0.25) is 23.6 Å². The molecule has 3 aromatic carbocycles. The minimum absolute atomic E-state index is 0.0836. The summed E-state index contributed by atoms with van der Waals surface area (Å²) in [5.41, 5.74) is 3.00. The summed E-state index contributed by atoms with van der Waals surface area (Å²) in [4.78, 5) is 61.4. The van der Waals surface area contributed by atoms with Gasteiger partial charge in [-0.2, -0.15) is 5.10 Å². The lowest BCUT2D eigenvalue weighted by Crippen LogP contribution is -2.48. The first-order valence-corrected chi connectivity index (χ1v) is 18.7. The number of phenolic OH excluding ortho intramolecular Hbond substituents is 1. The van der Waals surface area contributed by atoms with Crippen molar-refractivity contribution in [2.45, 2.75) is 39.2 Å². The smallest absolute Gasteiger partial charge is 0.242 e. The number of anilines is 1. The zero-order valence-electron chi connectivity index (χ0n) is 28.7. The largest absolute Gasteiger partial charge is 0.508 e. The number of thiophene rings is 1. The summed E-state index contributed by atoms with van der Waals surface area (Å²) in [5, 5.41) is 16.7. The molecular weight excluding hydrogens is 696 g/mol. The van der Waals surface area contributed by atoms with E-state index in [0.717, 1.165) is 37.2 Å². The number of carbonyl (C=O) groups is 4. The Labute approximate surface area is 309 Å². The van der Waals surface area contributed by atoms with Crippen LogP contribution in [-0.4, -0.2) is 43.4 Å². The number of hydrogen-bond acceptors (Lipinski definition) is 7. The Balaban J connectivity index is 1.13. The monoisotopic (exact) mass is 730 g/mol. The molecule has 52 heavy (non-hydrogen) atoms. The average Bonchev–Trinajstić information content (AvgIpc) is 3.80. The van der Waals surface area contributed by atoms with Crippen molar-refractivity contribution in [1.29, 1.82) is 0 Å². The number of allylic oxidation sites excluding steroid dienone is 2. The highest BCUT2D eigenvalue weighted by Gasteiger charge is 2.68. The molecular formula is C41H35ClN4O5S. The topological polar surface area (TPSA) is 113 Å². The van der Waals surface area contributed by atoms with E-state index in [1.165, 1.54) is 9.80 Å². The number of benzene rings is 3. The van der Waals surface area contributed by atoms with E-state index < -0.39 is 35.0 Å². The third kappa shape index (κ3) is 4.63. The van der Waals surface area contributed by atoms with E-state index in [0.29, 0.717) is 23.0 Å². The van der Waals surface area contributed by atoms with Crippen LogP contribution in [0.3, 0.4) is 0 Å². The number of aromatic nitrogens is 2. The lowest BCUT2D eigenvalue weighted by Gasteiger charge is -2.49. The Morgan fingerprint density at radius 3 is 2.44 bits per heavy atom. The van der Waals surface area contributed by atoms with Crippen molar-refractivity contribution < 1.29 is 24.3 Å². The number of likely N-dealkylation sites (tertiary alicyclic amines) is 1. The van der Waals surface area contributed by atoms with Crippen LogP contribution in [0.15, 0.2) is 90.5 Å². The van der Waals surface area contributed by atoms with Crippen LogP contribution in [0.4, 0.5) is 5.82 Å². The standard InChI is InChI=1S/C41H35ClN4O5S/c1-21-28-17-24(42)11-16-32(28)52-36(21)31-19-33(44(3)43-31)46-38(49)30-18-29-26(35(41(30,2)40(46)51)23-9-12-25(47)13-10-23)14-15-27-34(29)39(50)45(37(27)48)20-22-7-5-4-6-8-22/h4-14,16-17,19,27,29-30,34-35,47H,15,18,20H2,1-3H3/t27-,29+,30-,34-,35-,41+/m0/s1. The quantitative estimate of drug-likeness (QED) is 0.149. The summed E-state index contributed by atoms with van der Waals surface area (Å²) in [7, 11) is 1.73.